The molecule has 13 nitrogen and oxygen atoms in total. The second kappa shape index (κ2) is 18.8. The van der Waals surface area contributed by atoms with Crippen LogP contribution in [0.1, 0.15) is 68.6 Å². The van der Waals surface area contributed by atoms with Crippen LogP contribution in [0.3, 0.4) is 0 Å². The molecule has 4 aromatic carbocycles. The summed E-state index contributed by atoms with van der Waals surface area (Å²) >= 11 is 13.4. The minimum Gasteiger partial charge on any atom is -0.497 e. The number of benzene rings is 4. The second-order valence-corrected chi connectivity index (χ2v) is 18.4. The molecule has 4 aromatic heterocycles. The largest absolute Gasteiger partial charge is 0.497 e. The predicted octanol–water partition coefficient (Wildman–Crippen LogP) is 12.5. The molecule has 0 bridgehead atoms. The van der Waals surface area contributed by atoms with Gasteiger partial charge in [0.25, 0.3) is 0 Å². The lowest BCUT2D eigenvalue weighted by molar-refractivity contribution is -0.121. The normalized spacial score (nSPS) is 11.7. The molecule has 4 heterocycles. The molecule has 3 N–H and O–H groups in total. The van der Waals surface area contributed by atoms with E-state index in [2.05, 4.69) is 10.6 Å². The molecule has 346 valence electrons. The molecule has 0 unspecified atom stereocenters. The van der Waals surface area contributed by atoms with E-state index in [1.165, 1.54) is 13.8 Å². The summed E-state index contributed by atoms with van der Waals surface area (Å²) in [4.78, 5) is 65.4. The first-order valence-electron chi connectivity index (χ1n) is 21.5. The van der Waals surface area contributed by atoms with Crippen LogP contribution in [-0.2, 0) is 9.59 Å². The average molecular weight is 954 g/mol. The molecule has 0 saturated heterocycles. The third kappa shape index (κ3) is 9.46. The molecule has 2 amide bonds. The van der Waals surface area contributed by atoms with E-state index in [1.54, 1.807) is 102 Å². The monoisotopic (exact) mass is 952 g/mol. The SMILES string of the molecule is COc1ccc(-c2cc3c(NC(=O)CCC(=O)Nc4c(C(=O)C(C)(C)O)oc5nc(-c6ccccc6Cl)c(-c6ccc(OC)cc6)cc45)c(C(=O)C(C)(C)C)oc3nc2-c2ccccc2Cl)cc1. The van der Waals surface area contributed by atoms with Gasteiger partial charge in [-0.15, -0.1) is 0 Å². The lowest BCUT2D eigenvalue weighted by Gasteiger charge is -2.16. The van der Waals surface area contributed by atoms with Crippen LogP contribution in [0.5, 0.6) is 11.5 Å². The van der Waals surface area contributed by atoms with E-state index in [-0.39, 0.29) is 52.6 Å². The van der Waals surface area contributed by atoms with Gasteiger partial charge in [0.1, 0.15) is 28.5 Å². The molecule has 0 aliphatic heterocycles. The van der Waals surface area contributed by atoms with Gasteiger partial charge in [-0.25, -0.2) is 9.97 Å². The van der Waals surface area contributed by atoms with Crippen LogP contribution in [-0.4, -0.2) is 58.3 Å². The second-order valence-electron chi connectivity index (χ2n) is 17.6. The Labute approximate surface area is 401 Å². The molecule has 0 spiro atoms. The third-order valence-electron chi connectivity index (χ3n) is 11.2. The Hall–Kier alpha value is -7.32. The van der Waals surface area contributed by atoms with E-state index < -0.39 is 34.4 Å². The van der Waals surface area contributed by atoms with Gasteiger partial charge in [-0.1, -0.05) is 105 Å². The standard InChI is InChI=1S/C53H46Cl2N4O9/c1-52(2,3)48(62)46-44(36-26-34(28-16-20-30(65-6)21-17-28)42(58-50(36)67-46)32-12-8-10-14-38(32)54)56-40(60)24-25-41(61)57-45-37-27-35(29-18-22-31(66-7)23-19-29)43(33-13-9-11-15-39(33)55)59-51(37)68-47(45)49(63)53(4,5)64/h8-23,26-27,64H,24-25H2,1-7H3,(H,56,60)(H,57,61). The smallest absolute Gasteiger partial charge is 0.231 e. The van der Waals surface area contributed by atoms with Gasteiger partial charge in [0.15, 0.2) is 11.5 Å². The predicted molar refractivity (Wildman–Crippen MR) is 264 cm³/mol. The van der Waals surface area contributed by atoms with Crippen molar-refractivity contribution >= 4 is 80.2 Å². The summed E-state index contributed by atoms with van der Waals surface area (Å²) in [6.45, 7) is 7.79. The van der Waals surface area contributed by atoms with Crippen molar-refractivity contribution in [1.82, 2.24) is 9.97 Å². The summed E-state index contributed by atoms with van der Waals surface area (Å²) in [6, 6.07) is 32.4. The van der Waals surface area contributed by atoms with Crippen LogP contribution < -0.4 is 20.1 Å². The van der Waals surface area contributed by atoms with E-state index in [1.807, 2.05) is 42.5 Å². The summed E-state index contributed by atoms with van der Waals surface area (Å²) in [7, 11) is 3.13. The Bertz CT molecular complexity index is 3050. The highest BCUT2D eigenvalue weighted by Crippen LogP contribution is 2.44. The maximum absolute atomic E-state index is 14.0. The molecule has 8 aromatic rings. The molecule has 0 aliphatic carbocycles. The topological polar surface area (TPSA) is 183 Å². The number of aromatic nitrogens is 2. The summed E-state index contributed by atoms with van der Waals surface area (Å²) in [5, 5.41) is 17.9. The number of ketones is 2. The van der Waals surface area contributed by atoms with Crippen molar-refractivity contribution in [2.24, 2.45) is 5.41 Å². The Morgan fingerprint density at radius 2 is 0.956 bits per heavy atom. The molecule has 15 heteroatoms. The van der Waals surface area contributed by atoms with Crippen molar-refractivity contribution in [3.63, 3.8) is 0 Å². The van der Waals surface area contributed by atoms with Gasteiger partial charge < -0.3 is 34.0 Å². The Kier molecular flexibility index (Phi) is 13.0. The molecule has 0 radical (unpaired) electrons. The van der Waals surface area contributed by atoms with E-state index in [4.69, 9.17) is 51.5 Å². The Morgan fingerprint density at radius 3 is 1.31 bits per heavy atom. The van der Waals surface area contributed by atoms with Gasteiger partial charge in [-0.05, 0) is 73.5 Å². The lowest BCUT2D eigenvalue weighted by atomic mass is 9.88. The number of rotatable bonds is 14. The minimum atomic E-state index is -1.91. The number of anilines is 2. The van der Waals surface area contributed by atoms with E-state index in [0.717, 1.165) is 5.56 Å². The first-order chi connectivity index (χ1) is 32.4. The maximum Gasteiger partial charge on any atom is 0.231 e. The maximum atomic E-state index is 14.0. The molecule has 0 aliphatic rings. The number of hydrogen-bond acceptors (Lipinski definition) is 11. The fourth-order valence-corrected chi connectivity index (χ4v) is 8.01. The fourth-order valence-electron chi connectivity index (χ4n) is 7.56. The number of halogens is 2. The number of ether oxygens (including phenoxy) is 2. The summed E-state index contributed by atoms with van der Waals surface area (Å²) in [5.41, 5.74) is 2.04. The fraction of sp³-hybridized carbons (Fsp3) is 0.208. The van der Waals surface area contributed by atoms with Crippen molar-refractivity contribution < 1.29 is 42.6 Å². The minimum absolute atomic E-state index is 0.0129. The van der Waals surface area contributed by atoms with Crippen LogP contribution in [0.15, 0.2) is 118 Å². The van der Waals surface area contributed by atoms with Gasteiger partial charge >= 0.3 is 0 Å². The van der Waals surface area contributed by atoms with Crippen LogP contribution in [0.2, 0.25) is 10.0 Å². The number of pyridine rings is 2. The average Bonchev–Trinajstić information content (AvgIpc) is 3.85. The lowest BCUT2D eigenvalue weighted by Crippen LogP contribution is -2.31. The highest BCUT2D eigenvalue weighted by Gasteiger charge is 2.35. The first kappa shape index (κ1) is 47.2. The van der Waals surface area contributed by atoms with Crippen molar-refractivity contribution in [3.05, 3.63) is 131 Å². The molecule has 0 atom stereocenters. The van der Waals surface area contributed by atoms with Crippen LogP contribution in [0.25, 0.3) is 67.0 Å². The number of fused-ring (bicyclic) bond motifs is 2. The zero-order valence-electron chi connectivity index (χ0n) is 38.2. The number of carbonyl (C=O) groups is 4. The summed E-state index contributed by atoms with van der Waals surface area (Å²) in [6.07, 6.45) is -0.746. The summed E-state index contributed by atoms with van der Waals surface area (Å²) in [5.74, 6) is -1.71. The molecular weight excluding hydrogens is 908 g/mol. The molecule has 0 fully saturated rings. The van der Waals surface area contributed by atoms with Crippen molar-refractivity contribution in [2.75, 3.05) is 24.9 Å². The zero-order valence-corrected chi connectivity index (χ0v) is 39.7. The number of nitrogens with one attached hydrogen (secondary N) is 2. The number of methoxy groups -OCH3 is 2. The van der Waals surface area contributed by atoms with Gasteiger partial charge in [-0.3, -0.25) is 19.2 Å². The molecule has 68 heavy (non-hydrogen) atoms. The van der Waals surface area contributed by atoms with E-state index in [9.17, 15) is 24.3 Å². The Morgan fingerprint density at radius 1 is 0.574 bits per heavy atom. The molecule has 8 rings (SSSR count). The molecule has 0 saturated carbocycles. The quantitative estimate of drug-likeness (QED) is 0.0882. The van der Waals surface area contributed by atoms with Crippen LogP contribution in [0, 0.1) is 5.41 Å². The van der Waals surface area contributed by atoms with Gasteiger partial charge in [0.2, 0.25) is 34.8 Å². The number of amides is 2. The number of carbonyl (C=O) groups excluding carboxylic acids is 4. The highest BCUT2D eigenvalue weighted by atomic mass is 35.5. The zero-order chi connectivity index (χ0) is 48.7. The van der Waals surface area contributed by atoms with E-state index in [0.29, 0.717) is 66.1 Å². The van der Waals surface area contributed by atoms with Crippen LogP contribution >= 0.6 is 23.2 Å². The number of nitrogens with zero attached hydrogens (tertiary/aromatic N) is 2. The van der Waals surface area contributed by atoms with E-state index >= 15 is 0 Å². The van der Waals surface area contributed by atoms with Crippen LogP contribution in [0.4, 0.5) is 11.4 Å². The van der Waals surface area contributed by atoms with Gasteiger partial charge in [-0.2, -0.15) is 0 Å². The number of furan rings is 2. The Balaban J connectivity index is 1.15. The number of aliphatic hydroxyl groups is 1. The third-order valence-corrected chi connectivity index (χ3v) is 11.8. The van der Waals surface area contributed by atoms with Crippen molar-refractivity contribution in [2.45, 2.75) is 53.1 Å². The van der Waals surface area contributed by atoms with Crippen molar-refractivity contribution in [1.29, 1.82) is 0 Å². The number of hydrogen-bond donors (Lipinski definition) is 3. The summed E-state index contributed by atoms with van der Waals surface area (Å²) < 4.78 is 23.1. The first-order valence-corrected chi connectivity index (χ1v) is 22.3. The highest BCUT2D eigenvalue weighted by molar-refractivity contribution is 6.34. The van der Waals surface area contributed by atoms with Gasteiger partial charge in [0, 0.05) is 50.6 Å². The van der Waals surface area contributed by atoms with Crippen molar-refractivity contribution in [3.8, 4) is 56.3 Å². The van der Waals surface area contributed by atoms with Gasteiger partial charge in [0.05, 0.1) is 36.4 Å². The molecular formula is C53H46Cl2N4O9. The number of Topliss-reactive ketones (excluding diaryl/α,β-unsaturated/α-hetero) is 2.